The average Bonchev–Trinajstić information content (AvgIpc) is 3.22. The number of hydrogen-bond donors (Lipinski definition) is 1. The minimum atomic E-state index is -0.711. The summed E-state index contributed by atoms with van der Waals surface area (Å²) in [6, 6.07) is 11.7. The van der Waals surface area contributed by atoms with Crippen LogP contribution in [-0.4, -0.2) is 16.1 Å². The third-order valence-corrected chi connectivity index (χ3v) is 3.59. The molecule has 1 aliphatic carbocycles. The van der Waals surface area contributed by atoms with Crippen LogP contribution in [0.4, 0.5) is 0 Å². The van der Waals surface area contributed by atoms with E-state index in [0.29, 0.717) is 0 Å². The van der Waals surface area contributed by atoms with E-state index in [9.17, 15) is 9.90 Å². The smallest absolute Gasteiger partial charge is 0.314 e. The summed E-state index contributed by atoms with van der Waals surface area (Å²) in [5.74, 6) is -0.711. The first-order chi connectivity index (χ1) is 8.72. The Morgan fingerprint density at radius 2 is 1.83 bits per heavy atom. The molecule has 0 aliphatic heterocycles. The van der Waals surface area contributed by atoms with Gasteiger partial charge in [0.1, 0.15) is 0 Å². The van der Waals surface area contributed by atoms with Crippen LogP contribution < -0.4 is 0 Å². The van der Waals surface area contributed by atoms with Gasteiger partial charge in [-0.25, -0.2) is 0 Å². The molecule has 0 bridgehead atoms. The van der Waals surface area contributed by atoms with Crippen molar-refractivity contribution in [3.8, 4) is 11.1 Å². The third-order valence-electron chi connectivity index (χ3n) is 3.59. The van der Waals surface area contributed by atoms with Crippen molar-refractivity contribution < 1.29 is 9.90 Å². The lowest BCUT2D eigenvalue weighted by atomic mass is 9.94. The summed E-state index contributed by atoms with van der Waals surface area (Å²) in [5, 5.41) is 9.23. The number of aromatic nitrogens is 1. The van der Waals surface area contributed by atoms with E-state index in [2.05, 4.69) is 4.98 Å². The van der Waals surface area contributed by atoms with Gasteiger partial charge in [0.15, 0.2) is 0 Å². The zero-order chi connectivity index (χ0) is 12.6. The monoisotopic (exact) mass is 239 g/mol. The third kappa shape index (κ3) is 1.68. The normalized spacial score (nSPS) is 16.2. The van der Waals surface area contributed by atoms with Gasteiger partial charge in [-0.05, 0) is 35.6 Å². The fourth-order valence-electron chi connectivity index (χ4n) is 2.27. The summed E-state index contributed by atoms with van der Waals surface area (Å²) < 4.78 is 0. The number of aliphatic carboxylic acids is 1. The Hall–Kier alpha value is -2.16. The minimum absolute atomic E-state index is 0.618. The molecular formula is C15H13NO2. The molecule has 1 aliphatic rings. The molecule has 3 heteroatoms. The van der Waals surface area contributed by atoms with Crippen molar-refractivity contribution in [3.05, 3.63) is 54.4 Å². The maximum absolute atomic E-state index is 11.2. The summed E-state index contributed by atoms with van der Waals surface area (Å²) in [4.78, 5) is 15.3. The van der Waals surface area contributed by atoms with Crippen molar-refractivity contribution in [2.75, 3.05) is 0 Å². The predicted octanol–water partition coefficient (Wildman–Crippen LogP) is 2.86. The van der Waals surface area contributed by atoms with Crippen molar-refractivity contribution >= 4 is 5.97 Å². The lowest BCUT2D eigenvalue weighted by molar-refractivity contribution is -0.140. The maximum Gasteiger partial charge on any atom is 0.314 e. The van der Waals surface area contributed by atoms with Crippen LogP contribution in [-0.2, 0) is 10.2 Å². The maximum atomic E-state index is 11.2. The number of nitrogens with zero attached hydrogens (tertiary/aromatic N) is 1. The van der Waals surface area contributed by atoms with E-state index in [1.54, 1.807) is 12.4 Å². The van der Waals surface area contributed by atoms with Crippen LogP contribution in [0.5, 0.6) is 0 Å². The Labute approximate surface area is 105 Å². The number of carboxylic acid groups (broad SMARTS) is 1. The molecule has 0 amide bonds. The van der Waals surface area contributed by atoms with Crippen molar-refractivity contribution in [1.29, 1.82) is 0 Å². The molecule has 1 heterocycles. The topological polar surface area (TPSA) is 50.2 Å². The quantitative estimate of drug-likeness (QED) is 0.896. The minimum Gasteiger partial charge on any atom is -0.481 e. The molecule has 1 aromatic heterocycles. The van der Waals surface area contributed by atoms with Crippen molar-refractivity contribution in [3.63, 3.8) is 0 Å². The van der Waals surface area contributed by atoms with Crippen LogP contribution in [0.2, 0.25) is 0 Å². The molecule has 0 atom stereocenters. The van der Waals surface area contributed by atoms with Crippen LogP contribution in [0.1, 0.15) is 18.4 Å². The summed E-state index contributed by atoms with van der Waals surface area (Å²) >= 11 is 0. The fourth-order valence-corrected chi connectivity index (χ4v) is 2.27. The van der Waals surface area contributed by atoms with E-state index >= 15 is 0 Å². The lowest BCUT2D eigenvalue weighted by Gasteiger charge is -2.10. The van der Waals surface area contributed by atoms with Crippen LogP contribution in [0, 0.1) is 0 Å². The van der Waals surface area contributed by atoms with E-state index in [1.165, 1.54) is 0 Å². The van der Waals surface area contributed by atoms with Gasteiger partial charge in [0, 0.05) is 12.4 Å². The summed E-state index contributed by atoms with van der Waals surface area (Å²) in [7, 11) is 0. The molecule has 1 aromatic carbocycles. The molecule has 0 saturated heterocycles. The first-order valence-corrected chi connectivity index (χ1v) is 5.97. The van der Waals surface area contributed by atoms with Crippen molar-refractivity contribution in [1.82, 2.24) is 4.98 Å². The van der Waals surface area contributed by atoms with E-state index in [-0.39, 0.29) is 0 Å². The Balaban J connectivity index is 1.93. The molecule has 18 heavy (non-hydrogen) atoms. The summed E-state index contributed by atoms with van der Waals surface area (Å²) in [6.07, 6.45) is 5.03. The number of carboxylic acids is 1. The Morgan fingerprint density at radius 1 is 1.11 bits per heavy atom. The fraction of sp³-hybridized carbons (Fsp3) is 0.200. The highest BCUT2D eigenvalue weighted by Gasteiger charge is 2.51. The van der Waals surface area contributed by atoms with Gasteiger partial charge in [-0.3, -0.25) is 9.78 Å². The molecule has 1 N–H and O–H groups in total. The zero-order valence-corrected chi connectivity index (χ0v) is 9.84. The van der Waals surface area contributed by atoms with Gasteiger partial charge in [0.05, 0.1) is 5.41 Å². The molecule has 1 fully saturated rings. The van der Waals surface area contributed by atoms with E-state index in [0.717, 1.165) is 29.5 Å². The molecule has 2 aromatic rings. The standard InChI is InChI=1S/C15H13NO2/c17-14(18)15(7-8-15)13-5-3-11(4-6-13)12-2-1-9-16-10-12/h1-6,9-10H,7-8H2,(H,17,18). The number of rotatable bonds is 3. The number of pyridine rings is 1. The SMILES string of the molecule is O=C(O)C1(c2ccc(-c3cccnc3)cc2)CC1. The Morgan fingerprint density at radius 3 is 2.33 bits per heavy atom. The summed E-state index contributed by atoms with van der Waals surface area (Å²) in [6.45, 7) is 0. The van der Waals surface area contributed by atoms with Gasteiger partial charge in [0.2, 0.25) is 0 Å². The predicted molar refractivity (Wildman–Crippen MR) is 68.2 cm³/mol. The van der Waals surface area contributed by atoms with Crippen LogP contribution in [0.25, 0.3) is 11.1 Å². The molecule has 3 nitrogen and oxygen atoms in total. The van der Waals surface area contributed by atoms with E-state index < -0.39 is 11.4 Å². The number of benzene rings is 1. The number of carbonyl (C=O) groups is 1. The van der Waals surface area contributed by atoms with Gasteiger partial charge in [-0.1, -0.05) is 30.3 Å². The second-order valence-electron chi connectivity index (χ2n) is 4.71. The highest BCUT2D eigenvalue weighted by molar-refractivity contribution is 5.85. The van der Waals surface area contributed by atoms with Crippen molar-refractivity contribution in [2.45, 2.75) is 18.3 Å². The van der Waals surface area contributed by atoms with Crippen LogP contribution >= 0.6 is 0 Å². The van der Waals surface area contributed by atoms with E-state index in [1.807, 2.05) is 36.4 Å². The molecule has 0 radical (unpaired) electrons. The molecule has 0 spiro atoms. The first-order valence-electron chi connectivity index (χ1n) is 5.97. The second-order valence-corrected chi connectivity index (χ2v) is 4.71. The lowest BCUT2D eigenvalue weighted by Crippen LogP contribution is -2.19. The Kier molecular flexibility index (Phi) is 2.40. The average molecular weight is 239 g/mol. The van der Waals surface area contributed by atoms with Gasteiger partial charge < -0.3 is 5.11 Å². The molecule has 3 rings (SSSR count). The highest BCUT2D eigenvalue weighted by Crippen LogP contribution is 2.48. The van der Waals surface area contributed by atoms with Gasteiger partial charge >= 0.3 is 5.97 Å². The molecule has 90 valence electrons. The number of hydrogen-bond acceptors (Lipinski definition) is 2. The zero-order valence-electron chi connectivity index (χ0n) is 9.84. The highest BCUT2D eigenvalue weighted by atomic mass is 16.4. The largest absolute Gasteiger partial charge is 0.481 e. The molecule has 1 saturated carbocycles. The first kappa shape index (κ1) is 11.0. The Bertz CT molecular complexity index is 571. The van der Waals surface area contributed by atoms with Gasteiger partial charge in [0.25, 0.3) is 0 Å². The van der Waals surface area contributed by atoms with Gasteiger partial charge in [-0.2, -0.15) is 0 Å². The summed E-state index contributed by atoms with van der Waals surface area (Å²) in [5.41, 5.74) is 2.40. The van der Waals surface area contributed by atoms with E-state index in [4.69, 9.17) is 0 Å². The van der Waals surface area contributed by atoms with Crippen molar-refractivity contribution in [2.24, 2.45) is 0 Å². The van der Waals surface area contributed by atoms with Crippen LogP contribution in [0.15, 0.2) is 48.8 Å². The second kappa shape index (κ2) is 3.95. The molecule has 0 unspecified atom stereocenters. The van der Waals surface area contributed by atoms with Crippen LogP contribution in [0.3, 0.4) is 0 Å². The molecular weight excluding hydrogens is 226 g/mol. The van der Waals surface area contributed by atoms with Gasteiger partial charge in [-0.15, -0.1) is 0 Å².